The van der Waals surface area contributed by atoms with Crippen LogP contribution in [0.3, 0.4) is 0 Å². The molecule has 0 aromatic carbocycles. The molecule has 2 N–H and O–H groups in total. The summed E-state index contributed by atoms with van der Waals surface area (Å²) < 4.78 is 5.52. The van der Waals surface area contributed by atoms with Crippen molar-refractivity contribution in [1.82, 2.24) is 15.2 Å². The quantitative estimate of drug-likeness (QED) is 0.570. The van der Waals surface area contributed by atoms with Crippen LogP contribution >= 0.6 is 11.3 Å². The molecule has 0 saturated heterocycles. The molecule has 1 aromatic rings. The molecule has 1 unspecified atom stereocenters. The molecule has 1 atom stereocenters. The van der Waals surface area contributed by atoms with Gasteiger partial charge in [-0.05, 0) is 47.0 Å². The van der Waals surface area contributed by atoms with Gasteiger partial charge in [0.2, 0.25) is 0 Å². The molecule has 1 aromatic heterocycles. The summed E-state index contributed by atoms with van der Waals surface area (Å²) in [4.78, 5) is 7.66. The molecule has 0 bridgehead atoms. The zero-order valence-electron chi connectivity index (χ0n) is 13.5. The van der Waals surface area contributed by atoms with Gasteiger partial charge in [0, 0.05) is 17.8 Å². The standard InChI is InChI=1S/C15H29N3O2S/c1-13-15(21-12-17-13)6-9-20-11-14(19)10-16-7-4-5-8-18(2)3/h12,14,16,19H,4-11H2,1-3H3. The van der Waals surface area contributed by atoms with Crippen molar-refractivity contribution < 1.29 is 9.84 Å². The van der Waals surface area contributed by atoms with E-state index in [2.05, 4.69) is 29.3 Å². The first-order chi connectivity index (χ1) is 10.1. The molecule has 0 amide bonds. The second-order valence-corrected chi connectivity index (χ2v) is 6.49. The third-order valence-corrected chi connectivity index (χ3v) is 4.21. The molecule has 1 heterocycles. The van der Waals surface area contributed by atoms with E-state index in [4.69, 9.17) is 4.74 Å². The van der Waals surface area contributed by atoms with Gasteiger partial charge in [-0.25, -0.2) is 4.98 Å². The van der Waals surface area contributed by atoms with Gasteiger partial charge < -0.3 is 20.1 Å². The highest BCUT2D eigenvalue weighted by atomic mass is 32.1. The predicted molar refractivity (Wildman–Crippen MR) is 88.0 cm³/mol. The van der Waals surface area contributed by atoms with E-state index < -0.39 is 6.10 Å². The van der Waals surface area contributed by atoms with E-state index in [1.165, 1.54) is 11.3 Å². The van der Waals surface area contributed by atoms with Crippen LogP contribution in [-0.4, -0.2) is 68.0 Å². The minimum Gasteiger partial charge on any atom is -0.389 e. The Morgan fingerprint density at radius 2 is 2.24 bits per heavy atom. The maximum absolute atomic E-state index is 9.80. The molecular weight excluding hydrogens is 286 g/mol. The van der Waals surface area contributed by atoms with Crippen molar-refractivity contribution in [2.75, 3.05) is 46.9 Å². The van der Waals surface area contributed by atoms with E-state index in [-0.39, 0.29) is 0 Å². The molecule has 0 aliphatic heterocycles. The van der Waals surface area contributed by atoms with Crippen LogP contribution in [0.1, 0.15) is 23.4 Å². The lowest BCUT2D eigenvalue weighted by Gasteiger charge is -2.13. The van der Waals surface area contributed by atoms with Gasteiger partial charge in [0.15, 0.2) is 0 Å². The highest BCUT2D eigenvalue weighted by molar-refractivity contribution is 7.09. The Labute approximate surface area is 132 Å². The minimum atomic E-state index is -0.429. The van der Waals surface area contributed by atoms with Crippen molar-refractivity contribution in [2.24, 2.45) is 0 Å². The largest absolute Gasteiger partial charge is 0.389 e. The summed E-state index contributed by atoms with van der Waals surface area (Å²) in [5.74, 6) is 0. The first kappa shape index (κ1) is 18.5. The summed E-state index contributed by atoms with van der Waals surface area (Å²) in [6, 6.07) is 0. The van der Waals surface area contributed by atoms with Crippen LogP contribution in [-0.2, 0) is 11.2 Å². The van der Waals surface area contributed by atoms with Crippen LogP contribution in [0.2, 0.25) is 0 Å². The molecule has 1 rings (SSSR count). The number of nitrogens with one attached hydrogen (secondary N) is 1. The van der Waals surface area contributed by atoms with Gasteiger partial charge in [0.05, 0.1) is 30.5 Å². The number of rotatable bonds is 12. The number of unbranched alkanes of at least 4 members (excludes halogenated alkanes) is 1. The number of nitrogens with zero attached hydrogens (tertiary/aromatic N) is 2. The topological polar surface area (TPSA) is 57.6 Å². The maximum Gasteiger partial charge on any atom is 0.0897 e. The first-order valence-corrected chi connectivity index (χ1v) is 8.47. The van der Waals surface area contributed by atoms with E-state index in [1.54, 1.807) is 11.3 Å². The van der Waals surface area contributed by atoms with Crippen molar-refractivity contribution in [3.05, 3.63) is 16.1 Å². The lowest BCUT2D eigenvalue weighted by Crippen LogP contribution is -2.31. The van der Waals surface area contributed by atoms with Gasteiger partial charge in [-0.3, -0.25) is 0 Å². The second kappa shape index (κ2) is 11.1. The second-order valence-electron chi connectivity index (χ2n) is 5.55. The van der Waals surface area contributed by atoms with E-state index in [1.807, 2.05) is 12.4 Å². The van der Waals surface area contributed by atoms with Gasteiger partial charge in [-0.2, -0.15) is 0 Å². The van der Waals surface area contributed by atoms with Crippen molar-refractivity contribution >= 4 is 11.3 Å². The van der Waals surface area contributed by atoms with Crippen LogP contribution in [0.25, 0.3) is 0 Å². The van der Waals surface area contributed by atoms with Gasteiger partial charge in [-0.15, -0.1) is 11.3 Å². The first-order valence-electron chi connectivity index (χ1n) is 7.59. The minimum absolute atomic E-state index is 0.391. The van der Waals surface area contributed by atoms with Crippen LogP contribution in [0.5, 0.6) is 0 Å². The molecule has 6 heteroatoms. The number of thiazole rings is 1. The maximum atomic E-state index is 9.80. The molecule has 0 spiro atoms. The van der Waals surface area contributed by atoms with Crippen LogP contribution < -0.4 is 5.32 Å². The number of ether oxygens (including phenoxy) is 1. The monoisotopic (exact) mass is 315 g/mol. The third-order valence-electron chi connectivity index (χ3n) is 3.22. The molecule has 5 nitrogen and oxygen atoms in total. The van der Waals surface area contributed by atoms with E-state index in [0.29, 0.717) is 19.8 Å². The highest BCUT2D eigenvalue weighted by Crippen LogP contribution is 2.12. The summed E-state index contributed by atoms with van der Waals surface area (Å²) >= 11 is 1.66. The van der Waals surface area contributed by atoms with Gasteiger partial charge in [-0.1, -0.05) is 0 Å². The van der Waals surface area contributed by atoms with Crippen LogP contribution in [0, 0.1) is 6.92 Å². The Hall–Kier alpha value is -0.530. The number of hydrogen-bond acceptors (Lipinski definition) is 6. The van der Waals surface area contributed by atoms with Crippen LogP contribution in [0.4, 0.5) is 0 Å². The van der Waals surface area contributed by atoms with Crippen LogP contribution in [0.15, 0.2) is 5.51 Å². The van der Waals surface area contributed by atoms with E-state index in [9.17, 15) is 5.11 Å². The van der Waals surface area contributed by atoms with Crippen molar-refractivity contribution in [2.45, 2.75) is 32.3 Å². The number of aromatic nitrogens is 1. The fraction of sp³-hybridized carbons (Fsp3) is 0.800. The number of aliphatic hydroxyl groups is 1. The lowest BCUT2D eigenvalue weighted by atomic mass is 10.3. The fourth-order valence-corrected chi connectivity index (χ4v) is 2.72. The normalized spacial score (nSPS) is 13.0. The smallest absolute Gasteiger partial charge is 0.0897 e. The fourth-order valence-electron chi connectivity index (χ4n) is 1.96. The third kappa shape index (κ3) is 9.16. The highest BCUT2D eigenvalue weighted by Gasteiger charge is 2.05. The number of aliphatic hydroxyl groups excluding tert-OH is 1. The van der Waals surface area contributed by atoms with E-state index >= 15 is 0 Å². The van der Waals surface area contributed by atoms with Gasteiger partial charge in [0.25, 0.3) is 0 Å². The molecule has 0 fully saturated rings. The zero-order valence-corrected chi connectivity index (χ0v) is 14.3. The van der Waals surface area contributed by atoms with Crippen molar-refractivity contribution in [1.29, 1.82) is 0 Å². The Morgan fingerprint density at radius 1 is 1.43 bits per heavy atom. The average Bonchev–Trinajstić information content (AvgIpc) is 2.84. The molecule has 0 aliphatic rings. The Balaban J connectivity index is 1.92. The van der Waals surface area contributed by atoms with Gasteiger partial charge >= 0.3 is 0 Å². The molecule has 122 valence electrons. The zero-order chi connectivity index (χ0) is 15.5. The molecule has 0 radical (unpaired) electrons. The van der Waals surface area contributed by atoms with E-state index in [0.717, 1.165) is 31.6 Å². The molecule has 0 saturated carbocycles. The van der Waals surface area contributed by atoms with Gasteiger partial charge in [0.1, 0.15) is 0 Å². The summed E-state index contributed by atoms with van der Waals surface area (Å²) in [5.41, 5.74) is 2.95. The molecule has 0 aliphatic carbocycles. The molecular formula is C15H29N3O2S. The van der Waals surface area contributed by atoms with Crippen molar-refractivity contribution in [3.8, 4) is 0 Å². The summed E-state index contributed by atoms with van der Waals surface area (Å²) in [5, 5.41) is 13.1. The summed E-state index contributed by atoms with van der Waals surface area (Å²) in [7, 11) is 4.17. The average molecular weight is 315 g/mol. The molecule has 21 heavy (non-hydrogen) atoms. The Morgan fingerprint density at radius 3 is 2.90 bits per heavy atom. The Kier molecular flexibility index (Phi) is 9.78. The number of hydrogen-bond donors (Lipinski definition) is 2. The Bertz CT molecular complexity index is 372. The number of aryl methyl sites for hydroxylation is 1. The summed E-state index contributed by atoms with van der Waals surface area (Å²) in [6.07, 6.45) is 2.76. The predicted octanol–water partition coefficient (Wildman–Crippen LogP) is 1.30. The lowest BCUT2D eigenvalue weighted by molar-refractivity contribution is 0.0385. The van der Waals surface area contributed by atoms with Crippen molar-refractivity contribution in [3.63, 3.8) is 0 Å². The SMILES string of the molecule is Cc1ncsc1CCOCC(O)CNCCCCN(C)C. The summed E-state index contributed by atoms with van der Waals surface area (Å²) in [6.45, 7) is 5.71.